The highest BCUT2D eigenvalue weighted by molar-refractivity contribution is 5.51. The number of nitrogens with zero attached hydrogens (tertiary/aromatic N) is 2. The van der Waals surface area contributed by atoms with Crippen molar-refractivity contribution in [1.82, 2.24) is 9.97 Å². The largest absolute Gasteiger partial charge is 0.438 e. The summed E-state index contributed by atoms with van der Waals surface area (Å²) in [5.41, 5.74) is 2.08. The number of aryl methyl sites for hydroxylation is 1. The van der Waals surface area contributed by atoms with Crippen molar-refractivity contribution >= 4 is 5.82 Å². The van der Waals surface area contributed by atoms with Crippen LogP contribution >= 0.6 is 0 Å². The number of aromatic nitrogens is 2. The summed E-state index contributed by atoms with van der Waals surface area (Å²) < 4.78 is 5.95. The van der Waals surface area contributed by atoms with E-state index in [4.69, 9.17) is 4.74 Å². The zero-order chi connectivity index (χ0) is 13.8. The van der Waals surface area contributed by atoms with E-state index in [1.54, 1.807) is 0 Å². The molecule has 0 amide bonds. The lowest BCUT2D eigenvalue weighted by Crippen LogP contribution is -2.05. The summed E-state index contributed by atoms with van der Waals surface area (Å²) in [6, 6.07) is 7.91. The van der Waals surface area contributed by atoms with E-state index in [9.17, 15) is 0 Å². The van der Waals surface area contributed by atoms with Gasteiger partial charge in [-0.25, -0.2) is 9.97 Å². The van der Waals surface area contributed by atoms with E-state index in [-0.39, 0.29) is 5.92 Å². The van der Waals surface area contributed by atoms with Gasteiger partial charge in [0.25, 0.3) is 0 Å². The number of para-hydroxylation sites is 1. The van der Waals surface area contributed by atoms with E-state index < -0.39 is 0 Å². The van der Waals surface area contributed by atoms with Crippen molar-refractivity contribution in [2.75, 3.05) is 12.4 Å². The summed E-state index contributed by atoms with van der Waals surface area (Å²) in [6.07, 6.45) is 1.52. The van der Waals surface area contributed by atoms with E-state index in [1.165, 1.54) is 6.33 Å². The molecule has 0 bridgehead atoms. The van der Waals surface area contributed by atoms with Gasteiger partial charge in [-0.15, -0.1) is 0 Å². The minimum Gasteiger partial charge on any atom is -0.438 e. The van der Waals surface area contributed by atoms with Crippen LogP contribution in [0.3, 0.4) is 0 Å². The monoisotopic (exact) mass is 257 g/mol. The average molecular weight is 257 g/mol. The SMILES string of the molecule is CNc1ncnc(Oc2ccccc2C)c1C(C)C. The van der Waals surface area contributed by atoms with Gasteiger partial charge in [0.05, 0.1) is 5.56 Å². The predicted molar refractivity (Wildman–Crippen MR) is 76.9 cm³/mol. The van der Waals surface area contributed by atoms with Crippen molar-refractivity contribution in [1.29, 1.82) is 0 Å². The van der Waals surface area contributed by atoms with Crippen LogP contribution in [0.15, 0.2) is 30.6 Å². The van der Waals surface area contributed by atoms with E-state index in [1.807, 2.05) is 38.2 Å². The molecule has 0 fully saturated rings. The first kappa shape index (κ1) is 13.3. The van der Waals surface area contributed by atoms with Crippen LogP contribution in [0.1, 0.15) is 30.9 Å². The third-order valence-electron chi connectivity index (χ3n) is 2.96. The Labute approximate surface area is 113 Å². The number of nitrogens with one attached hydrogen (secondary N) is 1. The molecular weight excluding hydrogens is 238 g/mol. The van der Waals surface area contributed by atoms with Gasteiger partial charge in [0.1, 0.15) is 17.9 Å². The molecule has 0 radical (unpaired) electrons. The van der Waals surface area contributed by atoms with Crippen molar-refractivity contribution in [3.63, 3.8) is 0 Å². The molecule has 19 heavy (non-hydrogen) atoms. The Hall–Kier alpha value is -2.10. The number of ether oxygens (including phenoxy) is 1. The van der Waals surface area contributed by atoms with Crippen LogP contribution in [0, 0.1) is 6.92 Å². The number of hydrogen-bond donors (Lipinski definition) is 1. The molecule has 0 unspecified atom stereocenters. The Morgan fingerprint density at radius 2 is 1.89 bits per heavy atom. The molecule has 0 aliphatic heterocycles. The maximum atomic E-state index is 5.95. The molecule has 2 aromatic rings. The average Bonchev–Trinajstić information content (AvgIpc) is 2.40. The van der Waals surface area contributed by atoms with E-state index in [2.05, 4.69) is 29.1 Å². The van der Waals surface area contributed by atoms with Crippen molar-refractivity contribution < 1.29 is 4.74 Å². The molecule has 2 rings (SSSR count). The summed E-state index contributed by atoms with van der Waals surface area (Å²) in [5.74, 6) is 2.53. The Morgan fingerprint density at radius 1 is 1.16 bits per heavy atom. The van der Waals surface area contributed by atoms with E-state index >= 15 is 0 Å². The van der Waals surface area contributed by atoms with Gasteiger partial charge in [-0.3, -0.25) is 0 Å². The van der Waals surface area contributed by atoms with Crippen LogP contribution in [-0.2, 0) is 0 Å². The Bertz CT molecular complexity index is 567. The molecule has 0 aliphatic carbocycles. The van der Waals surface area contributed by atoms with Crippen LogP contribution in [0.5, 0.6) is 11.6 Å². The summed E-state index contributed by atoms with van der Waals surface area (Å²) in [5, 5.41) is 3.09. The zero-order valence-corrected chi connectivity index (χ0v) is 11.8. The fraction of sp³-hybridized carbons (Fsp3) is 0.333. The topological polar surface area (TPSA) is 47.0 Å². The molecule has 1 N–H and O–H groups in total. The van der Waals surface area contributed by atoms with Crippen molar-refractivity contribution in [3.8, 4) is 11.6 Å². The molecule has 4 heteroatoms. The number of benzene rings is 1. The highest BCUT2D eigenvalue weighted by atomic mass is 16.5. The minimum atomic E-state index is 0.280. The Kier molecular flexibility index (Phi) is 4.00. The first-order valence-corrected chi connectivity index (χ1v) is 6.39. The van der Waals surface area contributed by atoms with E-state index in [0.717, 1.165) is 22.7 Å². The second-order valence-electron chi connectivity index (χ2n) is 4.71. The summed E-state index contributed by atoms with van der Waals surface area (Å²) in [4.78, 5) is 8.51. The van der Waals surface area contributed by atoms with Gasteiger partial charge < -0.3 is 10.1 Å². The molecule has 1 aromatic heterocycles. The maximum Gasteiger partial charge on any atom is 0.227 e. The Morgan fingerprint density at radius 3 is 2.53 bits per heavy atom. The molecule has 0 saturated carbocycles. The first-order valence-electron chi connectivity index (χ1n) is 6.39. The molecule has 0 saturated heterocycles. The zero-order valence-electron chi connectivity index (χ0n) is 11.8. The minimum absolute atomic E-state index is 0.280. The normalized spacial score (nSPS) is 10.6. The first-order chi connectivity index (χ1) is 9.13. The molecule has 1 heterocycles. The predicted octanol–water partition coefficient (Wildman–Crippen LogP) is 3.74. The summed E-state index contributed by atoms with van der Waals surface area (Å²) in [7, 11) is 1.85. The second kappa shape index (κ2) is 5.69. The summed E-state index contributed by atoms with van der Waals surface area (Å²) in [6.45, 7) is 6.22. The standard InChI is InChI=1S/C15H19N3O/c1-10(2)13-14(16-4)17-9-18-15(13)19-12-8-6-5-7-11(12)3/h5-10H,1-4H3,(H,16,17,18). The maximum absolute atomic E-state index is 5.95. The lowest BCUT2D eigenvalue weighted by Gasteiger charge is -2.16. The van der Waals surface area contributed by atoms with Gasteiger partial charge in [-0.2, -0.15) is 0 Å². The summed E-state index contributed by atoms with van der Waals surface area (Å²) >= 11 is 0. The molecule has 100 valence electrons. The van der Waals surface area contributed by atoms with Gasteiger partial charge in [0, 0.05) is 7.05 Å². The van der Waals surface area contributed by atoms with Crippen molar-refractivity contribution in [2.45, 2.75) is 26.7 Å². The quantitative estimate of drug-likeness (QED) is 0.906. The number of hydrogen-bond acceptors (Lipinski definition) is 4. The third-order valence-corrected chi connectivity index (χ3v) is 2.96. The fourth-order valence-electron chi connectivity index (χ4n) is 1.96. The fourth-order valence-corrected chi connectivity index (χ4v) is 1.96. The molecule has 4 nitrogen and oxygen atoms in total. The highest BCUT2D eigenvalue weighted by Gasteiger charge is 2.16. The molecule has 1 aromatic carbocycles. The van der Waals surface area contributed by atoms with Gasteiger partial charge in [0.15, 0.2) is 0 Å². The molecular formula is C15H19N3O. The van der Waals surface area contributed by atoms with Crippen LogP contribution in [-0.4, -0.2) is 17.0 Å². The van der Waals surface area contributed by atoms with Gasteiger partial charge in [-0.1, -0.05) is 32.0 Å². The van der Waals surface area contributed by atoms with Crippen molar-refractivity contribution in [2.24, 2.45) is 0 Å². The van der Waals surface area contributed by atoms with Crippen LogP contribution in [0.2, 0.25) is 0 Å². The third kappa shape index (κ3) is 2.84. The van der Waals surface area contributed by atoms with Gasteiger partial charge in [0.2, 0.25) is 5.88 Å². The lowest BCUT2D eigenvalue weighted by atomic mass is 10.1. The Balaban J connectivity index is 2.43. The molecule has 0 atom stereocenters. The molecule has 0 aliphatic rings. The van der Waals surface area contributed by atoms with Crippen LogP contribution < -0.4 is 10.1 Å². The molecule has 0 spiro atoms. The second-order valence-corrected chi connectivity index (χ2v) is 4.71. The number of anilines is 1. The van der Waals surface area contributed by atoms with Crippen LogP contribution in [0.25, 0.3) is 0 Å². The van der Waals surface area contributed by atoms with Gasteiger partial charge in [-0.05, 0) is 24.5 Å². The van der Waals surface area contributed by atoms with Crippen molar-refractivity contribution in [3.05, 3.63) is 41.7 Å². The highest BCUT2D eigenvalue weighted by Crippen LogP contribution is 2.33. The van der Waals surface area contributed by atoms with E-state index in [0.29, 0.717) is 5.88 Å². The lowest BCUT2D eigenvalue weighted by molar-refractivity contribution is 0.448. The van der Waals surface area contributed by atoms with Gasteiger partial charge >= 0.3 is 0 Å². The smallest absolute Gasteiger partial charge is 0.227 e. The van der Waals surface area contributed by atoms with Crippen LogP contribution in [0.4, 0.5) is 5.82 Å². The number of rotatable bonds is 4.